The Hall–Kier alpha value is -3.03. The highest BCUT2D eigenvalue weighted by Gasteiger charge is 2.12. The molecule has 0 saturated carbocycles. The molecule has 0 unspecified atom stereocenters. The zero-order valence-electron chi connectivity index (χ0n) is 13.2. The molecule has 1 N–H and O–H groups in total. The fraction of sp³-hybridized carbons (Fsp3) is 0. The van der Waals surface area contributed by atoms with E-state index in [1.165, 1.54) is 6.39 Å². The lowest BCUT2D eigenvalue weighted by molar-refractivity contribution is 0.102. The van der Waals surface area contributed by atoms with Crippen molar-refractivity contribution in [1.82, 2.24) is 14.3 Å². The summed E-state index contributed by atoms with van der Waals surface area (Å²) >= 11 is 7.10. The van der Waals surface area contributed by atoms with Crippen molar-refractivity contribution in [2.75, 3.05) is 5.32 Å². The third-order valence-electron chi connectivity index (χ3n) is 3.59. The number of carbonyl (C=O) groups is 1. The van der Waals surface area contributed by atoms with E-state index in [1.807, 2.05) is 12.1 Å². The smallest absolute Gasteiger partial charge is 0.257 e. The lowest BCUT2D eigenvalue weighted by Gasteiger charge is -2.02. The summed E-state index contributed by atoms with van der Waals surface area (Å²) in [5, 5.41) is 3.78. The Morgan fingerprint density at radius 3 is 2.69 bits per heavy atom. The van der Waals surface area contributed by atoms with Crippen LogP contribution < -0.4 is 5.32 Å². The number of nitrogens with zero attached hydrogens (tertiary/aromatic N) is 3. The Balaban J connectivity index is 1.48. The second-order valence-corrected chi connectivity index (χ2v) is 6.52. The van der Waals surface area contributed by atoms with Gasteiger partial charge in [-0.2, -0.15) is 9.36 Å². The summed E-state index contributed by atoms with van der Waals surface area (Å²) in [6, 6.07) is 14.3. The SMILES string of the molecule is O=C(Nc1nc(-c2cccc(Cl)c2)ns1)c1ccc(-c2cnco2)cc1. The van der Waals surface area contributed by atoms with Gasteiger partial charge in [-0.3, -0.25) is 10.1 Å². The first-order valence-electron chi connectivity index (χ1n) is 7.59. The van der Waals surface area contributed by atoms with Crippen LogP contribution >= 0.6 is 23.1 Å². The van der Waals surface area contributed by atoms with Crippen molar-refractivity contribution in [2.45, 2.75) is 0 Å². The molecule has 0 bridgehead atoms. The lowest BCUT2D eigenvalue weighted by Crippen LogP contribution is -2.11. The van der Waals surface area contributed by atoms with Crippen LogP contribution in [0.25, 0.3) is 22.7 Å². The Bertz CT molecular complexity index is 1050. The number of hydrogen-bond acceptors (Lipinski definition) is 6. The molecular formula is C18H11ClN4O2S. The van der Waals surface area contributed by atoms with Crippen molar-refractivity contribution in [3.63, 3.8) is 0 Å². The minimum absolute atomic E-state index is 0.261. The van der Waals surface area contributed by atoms with Gasteiger partial charge in [0.15, 0.2) is 18.0 Å². The third kappa shape index (κ3) is 3.49. The maximum Gasteiger partial charge on any atom is 0.257 e. The zero-order chi connectivity index (χ0) is 17.9. The van der Waals surface area contributed by atoms with E-state index >= 15 is 0 Å². The topological polar surface area (TPSA) is 80.9 Å². The van der Waals surface area contributed by atoms with Gasteiger partial charge in [-0.25, -0.2) is 4.98 Å². The van der Waals surface area contributed by atoms with E-state index in [4.69, 9.17) is 16.0 Å². The molecule has 2 aromatic heterocycles. The molecule has 0 radical (unpaired) electrons. The highest BCUT2D eigenvalue weighted by molar-refractivity contribution is 7.10. The Kier molecular flexibility index (Phi) is 4.47. The fourth-order valence-corrected chi connectivity index (χ4v) is 3.11. The van der Waals surface area contributed by atoms with Crippen LogP contribution in [0, 0.1) is 0 Å². The predicted octanol–water partition coefficient (Wildman–Crippen LogP) is 4.77. The fourth-order valence-electron chi connectivity index (χ4n) is 2.33. The molecule has 1 amide bonds. The summed E-state index contributed by atoms with van der Waals surface area (Å²) in [5.41, 5.74) is 2.15. The average molecular weight is 383 g/mol. The highest BCUT2D eigenvalue weighted by atomic mass is 35.5. The number of nitrogens with one attached hydrogen (secondary N) is 1. The summed E-state index contributed by atoms with van der Waals surface area (Å²) in [7, 11) is 0. The monoisotopic (exact) mass is 382 g/mol. The Labute approximate surface area is 157 Å². The Morgan fingerprint density at radius 1 is 1.12 bits per heavy atom. The van der Waals surface area contributed by atoms with Gasteiger partial charge >= 0.3 is 0 Å². The molecule has 4 aromatic rings. The van der Waals surface area contributed by atoms with Crippen LogP contribution in [0.2, 0.25) is 5.02 Å². The van der Waals surface area contributed by atoms with E-state index in [1.54, 1.807) is 42.6 Å². The van der Waals surface area contributed by atoms with Crippen LogP contribution in [0.15, 0.2) is 65.5 Å². The largest absolute Gasteiger partial charge is 0.444 e. The molecule has 0 spiro atoms. The van der Waals surface area contributed by atoms with Gasteiger partial charge in [-0.15, -0.1) is 0 Å². The van der Waals surface area contributed by atoms with Crippen molar-refractivity contribution in [2.24, 2.45) is 0 Å². The molecule has 6 nitrogen and oxygen atoms in total. The highest BCUT2D eigenvalue weighted by Crippen LogP contribution is 2.24. The first kappa shape index (κ1) is 16.4. The normalized spacial score (nSPS) is 10.7. The zero-order valence-corrected chi connectivity index (χ0v) is 14.8. The second kappa shape index (κ2) is 7.07. The van der Waals surface area contributed by atoms with Gasteiger partial charge in [-0.05, 0) is 24.3 Å². The molecule has 0 atom stereocenters. The number of hydrogen-bond donors (Lipinski definition) is 1. The molecule has 26 heavy (non-hydrogen) atoms. The molecule has 0 aliphatic heterocycles. The van der Waals surface area contributed by atoms with Crippen molar-refractivity contribution in [1.29, 1.82) is 0 Å². The van der Waals surface area contributed by atoms with E-state index in [9.17, 15) is 4.79 Å². The molecule has 0 fully saturated rings. The number of halogens is 1. The van der Waals surface area contributed by atoms with Gasteiger partial charge in [-0.1, -0.05) is 35.9 Å². The number of anilines is 1. The Morgan fingerprint density at radius 2 is 1.96 bits per heavy atom. The number of amides is 1. The van der Waals surface area contributed by atoms with Gasteiger partial charge in [0.1, 0.15) is 0 Å². The standard InChI is InChI=1S/C18H11ClN4O2S/c19-14-3-1-2-13(8-14)16-21-18(26-23-16)22-17(24)12-6-4-11(5-7-12)15-9-20-10-25-15/h1-10H,(H,21,22,23,24). The number of aromatic nitrogens is 3. The maximum absolute atomic E-state index is 12.4. The maximum atomic E-state index is 12.4. The van der Waals surface area contributed by atoms with E-state index in [2.05, 4.69) is 19.7 Å². The summed E-state index contributed by atoms with van der Waals surface area (Å²) in [5.74, 6) is 0.906. The van der Waals surface area contributed by atoms with Gasteiger partial charge in [0, 0.05) is 33.2 Å². The van der Waals surface area contributed by atoms with Crippen molar-refractivity contribution < 1.29 is 9.21 Å². The second-order valence-electron chi connectivity index (χ2n) is 5.33. The van der Waals surface area contributed by atoms with Crippen molar-refractivity contribution in [3.05, 3.63) is 71.7 Å². The van der Waals surface area contributed by atoms with Crippen LogP contribution in [-0.2, 0) is 0 Å². The number of benzene rings is 2. The molecule has 8 heteroatoms. The number of oxazole rings is 1. The molecule has 0 aliphatic carbocycles. The molecule has 2 heterocycles. The van der Waals surface area contributed by atoms with Crippen LogP contribution in [0.5, 0.6) is 0 Å². The van der Waals surface area contributed by atoms with Crippen LogP contribution in [0.3, 0.4) is 0 Å². The summed E-state index contributed by atoms with van der Waals surface area (Å²) in [6.45, 7) is 0. The van der Waals surface area contributed by atoms with E-state index in [0.717, 1.165) is 22.7 Å². The average Bonchev–Trinajstić information content (AvgIpc) is 3.34. The quantitative estimate of drug-likeness (QED) is 0.550. The molecule has 128 valence electrons. The van der Waals surface area contributed by atoms with Gasteiger partial charge in [0.2, 0.25) is 5.13 Å². The predicted molar refractivity (Wildman–Crippen MR) is 100 cm³/mol. The van der Waals surface area contributed by atoms with Crippen molar-refractivity contribution in [3.8, 4) is 22.7 Å². The number of carbonyl (C=O) groups excluding carboxylic acids is 1. The van der Waals surface area contributed by atoms with Gasteiger partial charge < -0.3 is 4.42 Å². The molecule has 2 aromatic carbocycles. The molecule has 0 aliphatic rings. The van der Waals surface area contributed by atoms with Crippen LogP contribution in [0.4, 0.5) is 5.13 Å². The first-order chi connectivity index (χ1) is 12.7. The molecular weight excluding hydrogens is 372 g/mol. The van der Waals surface area contributed by atoms with E-state index in [-0.39, 0.29) is 5.91 Å². The third-order valence-corrected chi connectivity index (χ3v) is 4.46. The summed E-state index contributed by atoms with van der Waals surface area (Å²) in [4.78, 5) is 20.6. The van der Waals surface area contributed by atoms with Gasteiger partial charge in [0.25, 0.3) is 5.91 Å². The molecule has 0 saturated heterocycles. The van der Waals surface area contributed by atoms with Gasteiger partial charge in [0.05, 0.1) is 6.20 Å². The first-order valence-corrected chi connectivity index (χ1v) is 8.74. The van der Waals surface area contributed by atoms with Crippen LogP contribution in [0.1, 0.15) is 10.4 Å². The van der Waals surface area contributed by atoms with E-state index in [0.29, 0.717) is 27.3 Å². The minimum atomic E-state index is -0.261. The van der Waals surface area contributed by atoms with Crippen LogP contribution in [-0.4, -0.2) is 20.2 Å². The van der Waals surface area contributed by atoms with E-state index < -0.39 is 0 Å². The summed E-state index contributed by atoms with van der Waals surface area (Å²) < 4.78 is 9.49. The minimum Gasteiger partial charge on any atom is -0.444 e. The van der Waals surface area contributed by atoms with Crippen molar-refractivity contribution >= 4 is 34.2 Å². The molecule has 4 rings (SSSR count). The number of rotatable bonds is 4. The summed E-state index contributed by atoms with van der Waals surface area (Å²) in [6.07, 6.45) is 2.98. The lowest BCUT2D eigenvalue weighted by atomic mass is 10.1.